The molecule has 130 valence electrons. The largest absolute Gasteiger partial charge is 0.339 e. The standard InChI is InChI=1S/C16H26N4OS.ClH/c1-17-14(13-10-18-19(2)11-13)15(21)20-8-9-22-16(12-20)6-4-3-5-7-16;/h10-11,14,17H,3-9,12H2,1-2H3;1H. The summed E-state index contributed by atoms with van der Waals surface area (Å²) in [6, 6.07) is -0.280. The topological polar surface area (TPSA) is 50.2 Å². The highest BCUT2D eigenvalue weighted by Gasteiger charge is 2.40. The Balaban J connectivity index is 0.00000192. The van der Waals surface area contributed by atoms with Crippen molar-refractivity contribution in [2.45, 2.75) is 42.9 Å². The number of aromatic nitrogens is 2. The quantitative estimate of drug-likeness (QED) is 0.901. The van der Waals surface area contributed by atoms with Gasteiger partial charge in [0.25, 0.3) is 0 Å². The first-order valence-corrected chi connectivity index (χ1v) is 9.21. The highest BCUT2D eigenvalue weighted by Crippen LogP contribution is 2.43. The van der Waals surface area contributed by atoms with Crippen molar-refractivity contribution >= 4 is 30.1 Å². The minimum atomic E-state index is -0.280. The first-order valence-electron chi connectivity index (χ1n) is 8.22. The summed E-state index contributed by atoms with van der Waals surface area (Å²) < 4.78 is 2.07. The van der Waals surface area contributed by atoms with E-state index >= 15 is 0 Å². The van der Waals surface area contributed by atoms with E-state index < -0.39 is 0 Å². The molecule has 23 heavy (non-hydrogen) atoms. The number of carbonyl (C=O) groups excluding carboxylic acids is 1. The van der Waals surface area contributed by atoms with Gasteiger partial charge in [-0.1, -0.05) is 19.3 Å². The predicted molar refractivity (Wildman–Crippen MR) is 97.1 cm³/mol. The van der Waals surface area contributed by atoms with Crippen LogP contribution in [0.1, 0.15) is 43.7 Å². The molecule has 0 aromatic carbocycles. The fourth-order valence-electron chi connectivity index (χ4n) is 3.74. The number of aryl methyl sites for hydroxylation is 1. The van der Waals surface area contributed by atoms with Crippen molar-refractivity contribution < 1.29 is 4.79 Å². The van der Waals surface area contributed by atoms with E-state index in [9.17, 15) is 4.79 Å². The van der Waals surface area contributed by atoms with E-state index in [0.717, 1.165) is 24.4 Å². The molecule has 7 heteroatoms. The molecule has 2 aliphatic rings. The van der Waals surface area contributed by atoms with E-state index in [4.69, 9.17) is 0 Å². The molecule has 1 saturated heterocycles. The minimum Gasteiger partial charge on any atom is -0.339 e. The van der Waals surface area contributed by atoms with Gasteiger partial charge in [-0.3, -0.25) is 9.48 Å². The first-order chi connectivity index (χ1) is 10.6. The summed E-state index contributed by atoms with van der Waals surface area (Å²) >= 11 is 2.10. The van der Waals surface area contributed by atoms with E-state index in [1.807, 2.05) is 20.3 Å². The van der Waals surface area contributed by atoms with Gasteiger partial charge in [-0.2, -0.15) is 16.9 Å². The molecule has 2 heterocycles. The van der Waals surface area contributed by atoms with Crippen molar-refractivity contribution in [1.29, 1.82) is 0 Å². The second kappa shape index (κ2) is 7.90. The lowest BCUT2D eigenvalue weighted by Crippen LogP contribution is -2.52. The summed E-state index contributed by atoms with van der Waals surface area (Å²) in [6.07, 6.45) is 10.2. The first kappa shape index (κ1) is 18.6. The number of thioether (sulfide) groups is 1. The Kier molecular flexibility index (Phi) is 6.40. The fraction of sp³-hybridized carbons (Fsp3) is 0.750. The monoisotopic (exact) mass is 358 g/mol. The van der Waals surface area contributed by atoms with Gasteiger partial charge in [0.1, 0.15) is 6.04 Å². The van der Waals surface area contributed by atoms with E-state index in [1.165, 1.54) is 32.1 Å². The summed E-state index contributed by atoms with van der Waals surface area (Å²) in [5.74, 6) is 1.26. The van der Waals surface area contributed by atoms with Crippen LogP contribution in [0.3, 0.4) is 0 Å². The van der Waals surface area contributed by atoms with Crippen molar-refractivity contribution in [2.24, 2.45) is 7.05 Å². The maximum Gasteiger partial charge on any atom is 0.244 e. The Morgan fingerprint density at radius 2 is 2.13 bits per heavy atom. The van der Waals surface area contributed by atoms with Crippen LogP contribution in [0.25, 0.3) is 0 Å². The van der Waals surface area contributed by atoms with Crippen molar-refractivity contribution in [3.8, 4) is 0 Å². The van der Waals surface area contributed by atoms with Crippen LogP contribution >= 0.6 is 24.2 Å². The highest BCUT2D eigenvalue weighted by atomic mass is 35.5. The predicted octanol–water partition coefficient (Wildman–Crippen LogP) is 2.38. The van der Waals surface area contributed by atoms with Gasteiger partial charge in [-0.15, -0.1) is 12.4 Å². The van der Waals surface area contributed by atoms with Gasteiger partial charge in [-0.05, 0) is 19.9 Å². The van der Waals surface area contributed by atoms with E-state index in [2.05, 4.69) is 27.1 Å². The van der Waals surface area contributed by atoms with Crippen LogP contribution in [-0.4, -0.2) is 51.2 Å². The molecule has 2 fully saturated rings. The summed E-state index contributed by atoms with van der Waals surface area (Å²) in [5.41, 5.74) is 0.950. The lowest BCUT2D eigenvalue weighted by atomic mass is 9.87. The SMILES string of the molecule is CNC(C(=O)N1CCSC2(CCCCC2)C1)c1cnn(C)c1.Cl. The normalized spacial score (nSPS) is 21.7. The van der Waals surface area contributed by atoms with Gasteiger partial charge in [-0.25, -0.2) is 0 Å². The number of amides is 1. The Morgan fingerprint density at radius 1 is 1.39 bits per heavy atom. The Labute approximate surface area is 149 Å². The van der Waals surface area contributed by atoms with Gasteiger partial charge in [0.2, 0.25) is 5.91 Å². The molecule has 0 bridgehead atoms. The number of likely N-dealkylation sites (N-methyl/N-ethyl adjacent to an activating group) is 1. The maximum atomic E-state index is 13.0. The number of nitrogens with one attached hydrogen (secondary N) is 1. The van der Waals surface area contributed by atoms with Crippen LogP contribution in [0.5, 0.6) is 0 Å². The van der Waals surface area contributed by atoms with Crippen LogP contribution in [0.2, 0.25) is 0 Å². The number of rotatable bonds is 3. The summed E-state index contributed by atoms with van der Waals surface area (Å²) in [7, 11) is 3.74. The molecule has 0 radical (unpaired) electrons. The second-order valence-electron chi connectivity index (χ2n) is 6.52. The Bertz CT molecular complexity index is 524. The van der Waals surface area contributed by atoms with Crippen molar-refractivity contribution in [2.75, 3.05) is 25.9 Å². The van der Waals surface area contributed by atoms with Crippen LogP contribution in [-0.2, 0) is 11.8 Å². The number of hydrogen-bond donors (Lipinski definition) is 1. The molecule has 1 aliphatic carbocycles. The van der Waals surface area contributed by atoms with Gasteiger partial charge in [0.15, 0.2) is 0 Å². The molecule has 1 saturated carbocycles. The molecule has 1 aromatic heterocycles. The van der Waals surface area contributed by atoms with Crippen molar-refractivity contribution in [3.05, 3.63) is 18.0 Å². The zero-order valence-corrected chi connectivity index (χ0v) is 15.6. The third kappa shape index (κ3) is 4.03. The van der Waals surface area contributed by atoms with E-state index in [1.54, 1.807) is 10.9 Å². The van der Waals surface area contributed by atoms with E-state index in [0.29, 0.717) is 4.75 Å². The summed E-state index contributed by atoms with van der Waals surface area (Å²) in [4.78, 5) is 15.1. The number of halogens is 1. The molecule has 3 rings (SSSR count). The van der Waals surface area contributed by atoms with Crippen molar-refractivity contribution in [3.63, 3.8) is 0 Å². The van der Waals surface area contributed by atoms with Gasteiger partial charge < -0.3 is 10.2 Å². The molecule has 1 aromatic rings. The third-order valence-corrected chi connectivity index (χ3v) is 6.46. The molecule has 1 atom stereocenters. The average molecular weight is 359 g/mol. The maximum absolute atomic E-state index is 13.0. The molecule has 1 spiro atoms. The Morgan fingerprint density at radius 3 is 2.74 bits per heavy atom. The average Bonchev–Trinajstić information content (AvgIpc) is 2.95. The molecule has 1 aliphatic heterocycles. The number of hydrogen-bond acceptors (Lipinski definition) is 4. The van der Waals surface area contributed by atoms with Gasteiger partial charge in [0, 0.05) is 42.4 Å². The number of nitrogens with zero attached hydrogens (tertiary/aromatic N) is 3. The Hall–Kier alpha value is -0.720. The van der Waals surface area contributed by atoms with E-state index in [-0.39, 0.29) is 24.4 Å². The lowest BCUT2D eigenvalue weighted by Gasteiger charge is -2.45. The molecule has 5 nitrogen and oxygen atoms in total. The molecular formula is C16H27ClN4OS. The zero-order chi connectivity index (χ0) is 15.6. The summed E-state index contributed by atoms with van der Waals surface area (Å²) in [5, 5.41) is 7.37. The minimum absolute atomic E-state index is 0. The zero-order valence-electron chi connectivity index (χ0n) is 14.0. The lowest BCUT2D eigenvalue weighted by molar-refractivity contribution is -0.134. The molecule has 1 amide bonds. The summed E-state index contributed by atoms with van der Waals surface area (Å²) in [6.45, 7) is 1.78. The highest BCUT2D eigenvalue weighted by molar-refractivity contribution is 8.00. The fourth-order valence-corrected chi connectivity index (χ4v) is 5.31. The second-order valence-corrected chi connectivity index (χ2v) is 8.08. The van der Waals surface area contributed by atoms with Crippen LogP contribution in [0, 0.1) is 0 Å². The van der Waals surface area contributed by atoms with Crippen molar-refractivity contribution in [1.82, 2.24) is 20.0 Å². The van der Waals surface area contributed by atoms with Gasteiger partial charge in [0.05, 0.1) is 6.20 Å². The van der Waals surface area contributed by atoms with Crippen LogP contribution < -0.4 is 5.32 Å². The smallest absolute Gasteiger partial charge is 0.244 e. The third-order valence-electron chi connectivity index (χ3n) is 4.92. The molecular weight excluding hydrogens is 332 g/mol. The molecule has 1 unspecified atom stereocenters. The van der Waals surface area contributed by atoms with Crippen LogP contribution in [0.15, 0.2) is 12.4 Å². The molecule has 1 N–H and O–H groups in total. The van der Waals surface area contributed by atoms with Gasteiger partial charge >= 0.3 is 0 Å². The number of carbonyl (C=O) groups is 1. The van der Waals surface area contributed by atoms with Crippen LogP contribution in [0.4, 0.5) is 0 Å².